The first-order chi connectivity index (χ1) is 14.9. The normalized spacial score (nSPS) is 11.3. The van der Waals surface area contributed by atoms with Crippen molar-refractivity contribution in [3.8, 4) is 5.75 Å². The van der Waals surface area contributed by atoms with Crippen LogP contribution < -0.4 is 14.5 Å². The van der Waals surface area contributed by atoms with Crippen molar-refractivity contribution >= 4 is 39.4 Å². The number of sulfonamides is 1. The molecule has 0 aliphatic carbocycles. The van der Waals surface area contributed by atoms with Crippen LogP contribution in [0.15, 0.2) is 88.9 Å². The Morgan fingerprint density at radius 1 is 1.06 bits per heavy atom. The number of hydrogen-bond acceptors (Lipinski definition) is 5. The third-order valence-corrected chi connectivity index (χ3v) is 6.27. The fourth-order valence-corrected chi connectivity index (χ4v) is 4.26. The molecule has 0 saturated carbocycles. The van der Waals surface area contributed by atoms with Gasteiger partial charge in [0.25, 0.3) is 15.9 Å². The van der Waals surface area contributed by atoms with Crippen LogP contribution in [0.25, 0.3) is 0 Å². The van der Waals surface area contributed by atoms with Crippen LogP contribution in [0.5, 0.6) is 5.75 Å². The lowest BCUT2D eigenvalue weighted by atomic mass is 10.2. The van der Waals surface area contributed by atoms with Crippen molar-refractivity contribution in [3.05, 3.63) is 89.4 Å². The Labute approximate surface area is 186 Å². The molecule has 0 atom stereocenters. The summed E-state index contributed by atoms with van der Waals surface area (Å²) in [6.07, 6.45) is 1.45. The highest BCUT2D eigenvalue weighted by atomic mass is 35.5. The summed E-state index contributed by atoms with van der Waals surface area (Å²) in [5, 5.41) is 4.32. The molecule has 160 valence electrons. The van der Waals surface area contributed by atoms with E-state index >= 15 is 0 Å². The summed E-state index contributed by atoms with van der Waals surface area (Å²) >= 11 is 5.87. The minimum atomic E-state index is -4.01. The van der Waals surface area contributed by atoms with Gasteiger partial charge in [-0.3, -0.25) is 9.10 Å². The predicted octanol–water partition coefficient (Wildman–Crippen LogP) is 3.69. The van der Waals surface area contributed by atoms with Gasteiger partial charge >= 0.3 is 0 Å². The number of carbonyl (C=O) groups is 1. The molecule has 3 aromatic rings. The van der Waals surface area contributed by atoms with Crippen LogP contribution in [-0.4, -0.2) is 34.2 Å². The van der Waals surface area contributed by atoms with Crippen molar-refractivity contribution in [2.24, 2.45) is 5.10 Å². The molecule has 0 bridgehead atoms. The van der Waals surface area contributed by atoms with Gasteiger partial charge in [0, 0.05) is 5.02 Å². The molecule has 9 heteroatoms. The topological polar surface area (TPSA) is 88.1 Å². The van der Waals surface area contributed by atoms with E-state index in [9.17, 15) is 13.2 Å². The van der Waals surface area contributed by atoms with E-state index in [0.29, 0.717) is 22.0 Å². The molecule has 0 radical (unpaired) electrons. The van der Waals surface area contributed by atoms with Gasteiger partial charge in [0.2, 0.25) is 0 Å². The molecule has 31 heavy (non-hydrogen) atoms. The highest BCUT2D eigenvalue weighted by Crippen LogP contribution is 2.24. The number of benzene rings is 3. The number of hydrazone groups is 1. The van der Waals surface area contributed by atoms with Crippen molar-refractivity contribution in [2.45, 2.75) is 4.90 Å². The lowest BCUT2D eigenvalue weighted by Crippen LogP contribution is -2.39. The SMILES string of the molecule is COc1cccc(/C=N\NC(=O)CN(c2ccccc2)S(=O)(=O)c2ccc(Cl)cc2)c1. The first-order valence-corrected chi connectivity index (χ1v) is 11.0. The van der Waals surface area contributed by atoms with Gasteiger partial charge in [0.15, 0.2) is 0 Å². The van der Waals surface area contributed by atoms with Gasteiger partial charge < -0.3 is 4.74 Å². The molecule has 0 aromatic heterocycles. The van der Waals surface area contributed by atoms with Crippen LogP contribution in [-0.2, 0) is 14.8 Å². The summed E-state index contributed by atoms with van der Waals surface area (Å²) < 4.78 is 32.6. The van der Waals surface area contributed by atoms with E-state index in [4.69, 9.17) is 16.3 Å². The van der Waals surface area contributed by atoms with E-state index in [2.05, 4.69) is 10.5 Å². The van der Waals surface area contributed by atoms with Crippen molar-refractivity contribution < 1.29 is 17.9 Å². The minimum Gasteiger partial charge on any atom is -0.497 e. The van der Waals surface area contributed by atoms with E-state index in [-0.39, 0.29) is 4.90 Å². The lowest BCUT2D eigenvalue weighted by Gasteiger charge is -2.23. The third kappa shape index (κ3) is 5.84. The zero-order valence-electron chi connectivity index (χ0n) is 16.6. The van der Waals surface area contributed by atoms with Gasteiger partial charge in [0.1, 0.15) is 12.3 Å². The van der Waals surface area contributed by atoms with Crippen molar-refractivity contribution in [3.63, 3.8) is 0 Å². The second-order valence-electron chi connectivity index (χ2n) is 6.37. The summed E-state index contributed by atoms with van der Waals surface area (Å²) in [5.74, 6) is 0.0557. The van der Waals surface area contributed by atoms with E-state index in [1.54, 1.807) is 61.7 Å². The Kier molecular flexibility index (Phi) is 7.28. The number of methoxy groups -OCH3 is 1. The van der Waals surface area contributed by atoms with Gasteiger partial charge in [-0.15, -0.1) is 0 Å². The zero-order valence-corrected chi connectivity index (χ0v) is 18.2. The van der Waals surface area contributed by atoms with Crippen LogP contribution in [0.4, 0.5) is 5.69 Å². The molecular weight excluding hydrogens is 438 g/mol. The number of amides is 1. The average Bonchev–Trinajstić information content (AvgIpc) is 2.78. The van der Waals surface area contributed by atoms with E-state index < -0.39 is 22.5 Å². The maximum Gasteiger partial charge on any atom is 0.264 e. The molecule has 7 nitrogen and oxygen atoms in total. The maximum atomic E-state index is 13.2. The molecular formula is C22H20ClN3O4S. The molecule has 1 N–H and O–H groups in total. The van der Waals surface area contributed by atoms with Crippen LogP contribution in [0, 0.1) is 0 Å². The zero-order chi connectivity index (χ0) is 22.3. The van der Waals surface area contributed by atoms with Gasteiger partial charge in [-0.2, -0.15) is 5.10 Å². The molecule has 3 rings (SSSR count). The molecule has 0 aliphatic heterocycles. The first-order valence-electron chi connectivity index (χ1n) is 9.19. The molecule has 0 saturated heterocycles. The minimum absolute atomic E-state index is 0.0217. The fourth-order valence-electron chi connectivity index (χ4n) is 2.71. The third-order valence-electron chi connectivity index (χ3n) is 4.23. The fraction of sp³-hybridized carbons (Fsp3) is 0.0909. The summed E-state index contributed by atoms with van der Waals surface area (Å²) in [5.41, 5.74) is 3.43. The Bertz CT molecular complexity index is 1170. The smallest absolute Gasteiger partial charge is 0.264 e. The van der Waals surface area contributed by atoms with Gasteiger partial charge in [-0.25, -0.2) is 13.8 Å². The molecule has 3 aromatic carbocycles. The van der Waals surface area contributed by atoms with Gasteiger partial charge in [0.05, 0.1) is 23.9 Å². The number of halogens is 1. The van der Waals surface area contributed by atoms with Crippen LogP contribution in [0.2, 0.25) is 5.02 Å². The van der Waals surface area contributed by atoms with Crippen LogP contribution in [0.1, 0.15) is 5.56 Å². The second-order valence-corrected chi connectivity index (χ2v) is 8.67. The first kappa shape index (κ1) is 22.3. The number of ether oxygens (including phenoxy) is 1. The van der Waals surface area contributed by atoms with Gasteiger partial charge in [-0.05, 0) is 54.1 Å². The number of anilines is 1. The number of carbonyl (C=O) groups excluding carboxylic acids is 1. The standard InChI is InChI=1S/C22H20ClN3O4S/c1-30-20-9-5-6-17(14-20)15-24-25-22(27)16-26(19-7-3-2-4-8-19)31(28,29)21-12-10-18(23)11-13-21/h2-15H,16H2,1H3,(H,25,27)/b24-15-. The van der Waals surface area contributed by atoms with Crippen LogP contribution >= 0.6 is 11.6 Å². The molecule has 0 unspecified atom stereocenters. The molecule has 0 aliphatic rings. The Morgan fingerprint density at radius 3 is 2.45 bits per heavy atom. The van der Waals surface area contributed by atoms with Crippen LogP contribution in [0.3, 0.4) is 0 Å². The van der Waals surface area contributed by atoms with Crippen molar-refractivity contribution in [2.75, 3.05) is 18.0 Å². The summed E-state index contributed by atoms with van der Waals surface area (Å²) in [6, 6.07) is 21.2. The number of rotatable bonds is 8. The number of nitrogens with zero attached hydrogens (tertiary/aromatic N) is 2. The largest absolute Gasteiger partial charge is 0.497 e. The molecule has 0 spiro atoms. The molecule has 1 amide bonds. The van der Waals surface area contributed by atoms with E-state index in [1.165, 1.54) is 30.5 Å². The predicted molar refractivity (Wildman–Crippen MR) is 121 cm³/mol. The summed E-state index contributed by atoms with van der Waals surface area (Å²) in [7, 11) is -2.45. The van der Waals surface area contributed by atoms with Gasteiger partial charge in [-0.1, -0.05) is 41.9 Å². The summed E-state index contributed by atoms with van der Waals surface area (Å²) in [6.45, 7) is -0.454. The van der Waals surface area contributed by atoms with E-state index in [1.807, 2.05) is 0 Å². The highest BCUT2D eigenvalue weighted by Gasteiger charge is 2.27. The Balaban J connectivity index is 1.79. The Hall–Kier alpha value is -3.36. The number of hydrogen-bond donors (Lipinski definition) is 1. The maximum absolute atomic E-state index is 13.2. The molecule has 0 heterocycles. The average molecular weight is 458 g/mol. The van der Waals surface area contributed by atoms with Crippen molar-refractivity contribution in [1.82, 2.24) is 5.43 Å². The quantitative estimate of drug-likeness (QED) is 0.412. The monoisotopic (exact) mass is 457 g/mol. The number of para-hydroxylation sites is 1. The highest BCUT2D eigenvalue weighted by molar-refractivity contribution is 7.92. The Morgan fingerprint density at radius 2 is 1.77 bits per heavy atom. The molecule has 0 fully saturated rings. The summed E-state index contributed by atoms with van der Waals surface area (Å²) in [4.78, 5) is 12.5. The lowest BCUT2D eigenvalue weighted by molar-refractivity contribution is -0.119. The van der Waals surface area contributed by atoms with E-state index in [0.717, 1.165) is 4.31 Å². The number of nitrogens with one attached hydrogen (secondary N) is 1. The van der Waals surface area contributed by atoms with Crippen molar-refractivity contribution in [1.29, 1.82) is 0 Å². The second kappa shape index (κ2) is 10.1.